The Morgan fingerprint density at radius 2 is 1.45 bits per heavy atom. The van der Waals surface area contributed by atoms with E-state index in [1.165, 1.54) is 20.1 Å². The fourth-order valence-corrected chi connectivity index (χ4v) is 1.66. The standard InChI is InChI=1S/C15H16F4.C11H17FO2/c1-8(2)13(17)7-9(3)10(4)14(18)15(19)11(5)12(6)16;1-5-6-7-14-9(2)8-11(12)10(3)13-4/h7,12H,1,3-5H2,2,6H3;8H,2-3,5-7H2,1,4H3/b13-7+,15-14-;11-8+. The molecule has 0 radical (unpaired) electrons. The van der Waals surface area contributed by atoms with E-state index in [1.807, 2.05) is 0 Å². The van der Waals surface area contributed by atoms with Gasteiger partial charge in [0.15, 0.2) is 17.5 Å². The highest BCUT2D eigenvalue weighted by Gasteiger charge is 2.18. The Morgan fingerprint density at radius 1 is 0.909 bits per heavy atom. The van der Waals surface area contributed by atoms with Gasteiger partial charge in [0.25, 0.3) is 0 Å². The molecule has 0 spiro atoms. The van der Waals surface area contributed by atoms with Crippen LogP contribution in [0.3, 0.4) is 0 Å². The summed E-state index contributed by atoms with van der Waals surface area (Å²) in [5, 5.41) is 0. The van der Waals surface area contributed by atoms with Crippen LogP contribution >= 0.6 is 0 Å². The highest BCUT2D eigenvalue weighted by Crippen LogP contribution is 2.29. The predicted molar refractivity (Wildman–Crippen MR) is 127 cm³/mol. The van der Waals surface area contributed by atoms with E-state index in [2.05, 4.69) is 51.1 Å². The highest BCUT2D eigenvalue weighted by atomic mass is 19.2. The number of allylic oxidation sites excluding steroid dienone is 10. The molecule has 0 aliphatic carbocycles. The Kier molecular flexibility index (Phi) is 16.1. The largest absolute Gasteiger partial charge is 0.494 e. The SMILES string of the molecule is C=C(/C=C(/F)C(=C)C)C(=C)/C(F)=C(/F)C(=C)C(C)F.C=C(/C=C(/F)C(=C)OC)OCCCC. The fourth-order valence-electron chi connectivity index (χ4n) is 1.66. The van der Waals surface area contributed by atoms with Crippen LogP contribution in [0.1, 0.15) is 33.6 Å². The second-order valence-corrected chi connectivity index (χ2v) is 6.83. The Labute approximate surface area is 194 Å². The third kappa shape index (κ3) is 13.1. The van der Waals surface area contributed by atoms with Crippen molar-refractivity contribution in [1.82, 2.24) is 0 Å². The first kappa shape index (κ1) is 32.1. The van der Waals surface area contributed by atoms with Gasteiger partial charge in [-0.15, -0.1) is 0 Å². The lowest BCUT2D eigenvalue weighted by atomic mass is 10.0. The lowest BCUT2D eigenvalue weighted by molar-refractivity contribution is 0.218. The van der Waals surface area contributed by atoms with Gasteiger partial charge in [0.05, 0.1) is 13.7 Å². The van der Waals surface area contributed by atoms with Crippen molar-refractivity contribution >= 4 is 0 Å². The van der Waals surface area contributed by atoms with Gasteiger partial charge in [-0.25, -0.2) is 22.0 Å². The van der Waals surface area contributed by atoms with Crippen LogP contribution in [0.5, 0.6) is 0 Å². The normalized spacial score (nSPS) is 13.0. The van der Waals surface area contributed by atoms with Crippen molar-refractivity contribution in [1.29, 1.82) is 0 Å². The number of alkyl halides is 1. The minimum atomic E-state index is -1.74. The number of hydrogen-bond acceptors (Lipinski definition) is 2. The summed E-state index contributed by atoms with van der Waals surface area (Å²) >= 11 is 0. The lowest BCUT2D eigenvalue weighted by Gasteiger charge is -2.08. The molecule has 1 unspecified atom stereocenters. The molecule has 0 aromatic heterocycles. The number of methoxy groups -OCH3 is 1. The quantitative estimate of drug-likeness (QED) is 0.115. The molecule has 0 aliphatic rings. The molecule has 0 saturated heterocycles. The average molecular weight is 473 g/mol. The number of halogens is 5. The summed E-state index contributed by atoms with van der Waals surface area (Å²) < 4.78 is 76.0. The molecule has 0 rings (SSSR count). The van der Waals surface area contributed by atoms with Crippen molar-refractivity contribution in [2.75, 3.05) is 13.7 Å². The molecule has 0 heterocycles. The summed E-state index contributed by atoms with van der Waals surface area (Å²) in [4.78, 5) is 0. The van der Waals surface area contributed by atoms with Crippen molar-refractivity contribution in [3.05, 3.63) is 109 Å². The van der Waals surface area contributed by atoms with Crippen LogP contribution in [0.25, 0.3) is 0 Å². The van der Waals surface area contributed by atoms with Crippen molar-refractivity contribution in [2.45, 2.75) is 39.8 Å². The van der Waals surface area contributed by atoms with Crippen molar-refractivity contribution in [2.24, 2.45) is 0 Å². The van der Waals surface area contributed by atoms with Crippen LogP contribution in [0.15, 0.2) is 109 Å². The number of ether oxygens (including phenoxy) is 2. The molecule has 0 amide bonds. The van der Waals surface area contributed by atoms with E-state index in [1.54, 1.807) is 0 Å². The molecule has 0 fully saturated rings. The third-order valence-corrected chi connectivity index (χ3v) is 3.90. The first-order valence-corrected chi connectivity index (χ1v) is 9.93. The van der Waals surface area contributed by atoms with Gasteiger partial charge in [0.2, 0.25) is 0 Å². The molecule has 7 heteroatoms. The average Bonchev–Trinajstić information content (AvgIpc) is 2.76. The molecular formula is C26H33F5O2. The van der Waals surface area contributed by atoms with Crippen LogP contribution in [0, 0.1) is 0 Å². The summed E-state index contributed by atoms with van der Waals surface area (Å²) in [5.41, 5.74) is -1.18. The van der Waals surface area contributed by atoms with Crippen molar-refractivity contribution < 1.29 is 31.4 Å². The Morgan fingerprint density at radius 3 is 1.88 bits per heavy atom. The van der Waals surface area contributed by atoms with Crippen LogP contribution < -0.4 is 0 Å². The van der Waals surface area contributed by atoms with E-state index in [9.17, 15) is 22.0 Å². The van der Waals surface area contributed by atoms with Gasteiger partial charge in [-0.3, -0.25) is 0 Å². The first-order chi connectivity index (χ1) is 15.2. The maximum absolute atomic E-state index is 13.6. The summed E-state index contributed by atoms with van der Waals surface area (Å²) in [6.45, 7) is 25.0. The van der Waals surface area contributed by atoms with Gasteiger partial charge in [-0.05, 0) is 37.5 Å². The maximum Gasteiger partial charge on any atom is 0.168 e. The van der Waals surface area contributed by atoms with Gasteiger partial charge in [-0.2, -0.15) is 0 Å². The Bertz CT molecular complexity index is 858. The van der Waals surface area contributed by atoms with E-state index in [0.717, 1.165) is 25.8 Å². The van der Waals surface area contributed by atoms with Gasteiger partial charge < -0.3 is 9.47 Å². The molecule has 0 N–H and O–H groups in total. The van der Waals surface area contributed by atoms with Crippen molar-refractivity contribution in [3.63, 3.8) is 0 Å². The van der Waals surface area contributed by atoms with E-state index in [4.69, 9.17) is 4.74 Å². The monoisotopic (exact) mass is 472 g/mol. The summed E-state index contributed by atoms with van der Waals surface area (Å²) in [6, 6.07) is 0. The summed E-state index contributed by atoms with van der Waals surface area (Å²) in [7, 11) is 1.36. The second-order valence-electron chi connectivity index (χ2n) is 6.83. The highest BCUT2D eigenvalue weighted by molar-refractivity contribution is 5.51. The fraction of sp³-hybridized carbons (Fsp3) is 0.308. The van der Waals surface area contributed by atoms with E-state index >= 15 is 0 Å². The molecule has 0 aromatic carbocycles. The number of unbranched alkanes of at least 4 members (excludes halogenated alkanes) is 1. The first-order valence-electron chi connectivity index (χ1n) is 9.93. The molecule has 0 aliphatic heterocycles. The Hall–Kier alpha value is -3.09. The zero-order chi connectivity index (χ0) is 26.3. The third-order valence-electron chi connectivity index (χ3n) is 3.90. The van der Waals surface area contributed by atoms with Crippen LogP contribution in [0.4, 0.5) is 22.0 Å². The minimum Gasteiger partial charge on any atom is -0.494 e. The van der Waals surface area contributed by atoms with Crippen LogP contribution in [-0.2, 0) is 9.47 Å². The summed E-state index contributed by atoms with van der Waals surface area (Å²) in [5.74, 6) is -3.89. The van der Waals surface area contributed by atoms with E-state index < -0.39 is 40.6 Å². The predicted octanol–water partition coefficient (Wildman–Crippen LogP) is 8.92. The lowest BCUT2D eigenvalue weighted by Crippen LogP contribution is -2.00. The number of rotatable bonds is 13. The molecule has 2 nitrogen and oxygen atoms in total. The maximum atomic E-state index is 13.6. The van der Waals surface area contributed by atoms with E-state index in [0.29, 0.717) is 6.61 Å². The van der Waals surface area contributed by atoms with Crippen molar-refractivity contribution in [3.8, 4) is 0 Å². The van der Waals surface area contributed by atoms with Crippen LogP contribution in [0.2, 0.25) is 0 Å². The Balaban J connectivity index is 0. The molecule has 0 bridgehead atoms. The zero-order valence-electron chi connectivity index (χ0n) is 19.8. The molecule has 1 atom stereocenters. The van der Waals surface area contributed by atoms with Crippen LogP contribution in [-0.4, -0.2) is 19.9 Å². The summed E-state index contributed by atoms with van der Waals surface area (Å²) in [6.07, 6.45) is 2.26. The zero-order valence-corrected chi connectivity index (χ0v) is 19.8. The molecule has 0 aromatic rings. The molecule has 184 valence electrons. The van der Waals surface area contributed by atoms with Gasteiger partial charge >= 0.3 is 0 Å². The molecule has 0 saturated carbocycles. The topological polar surface area (TPSA) is 18.5 Å². The second kappa shape index (κ2) is 16.5. The number of hydrogen-bond donors (Lipinski definition) is 0. The molecule has 33 heavy (non-hydrogen) atoms. The van der Waals surface area contributed by atoms with Gasteiger partial charge in [0, 0.05) is 17.2 Å². The smallest absolute Gasteiger partial charge is 0.168 e. The minimum absolute atomic E-state index is 0.0229. The molecular weight excluding hydrogens is 439 g/mol. The van der Waals surface area contributed by atoms with E-state index in [-0.39, 0.29) is 22.7 Å². The van der Waals surface area contributed by atoms with Gasteiger partial charge in [-0.1, -0.05) is 52.8 Å². The van der Waals surface area contributed by atoms with Gasteiger partial charge in [0.1, 0.15) is 23.5 Å².